The molecule has 0 aromatic rings. The molecule has 0 aliphatic carbocycles. The molecule has 1 rings (SSSR count). The van der Waals surface area contributed by atoms with E-state index in [4.69, 9.17) is 40.4 Å². The van der Waals surface area contributed by atoms with Crippen LogP contribution in [0.15, 0.2) is 0 Å². The zero-order chi connectivity index (χ0) is 12.8. The Morgan fingerprint density at radius 3 is 2.00 bits per heavy atom. The Labute approximate surface area is 118 Å². The van der Waals surface area contributed by atoms with Crippen molar-refractivity contribution in [2.24, 2.45) is 0 Å². The van der Waals surface area contributed by atoms with Crippen molar-refractivity contribution in [2.75, 3.05) is 26.7 Å². The van der Waals surface area contributed by atoms with Gasteiger partial charge in [-0.1, -0.05) is 13.3 Å². The third-order valence-electron chi connectivity index (χ3n) is 2.71. The summed E-state index contributed by atoms with van der Waals surface area (Å²) in [4.78, 5) is 4.97. The van der Waals surface area contributed by atoms with Crippen LogP contribution in [-0.2, 0) is 9.20 Å². The van der Waals surface area contributed by atoms with Gasteiger partial charge in [0.1, 0.15) is 0 Å². The minimum absolute atomic E-state index is 0.668. The Hall–Kier alpha value is 1.60. The molecule has 1 aliphatic rings. The monoisotopic (exact) mass is 352 g/mol. The molecule has 2 nitrogen and oxygen atoms in total. The molecule has 0 radical (unpaired) electrons. The maximum absolute atomic E-state index is 4.95. The van der Waals surface area contributed by atoms with Crippen molar-refractivity contribution in [1.82, 2.24) is 9.80 Å². The van der Waals surface area contributed by atoms with Gasteiger partial charge in [0.25, 0.3) is 0 Å². The number of likely N-dealkylation sites (N-methyl/N-ethyl adjacent to an activating group) is 1. The Morgan fingerprint density at radius 1 is 1.19 bits per heavy atom. The van der Waals surface area contributed by atoms with Gasteiger partial charge in [0.2, 0.25) is 0 Å². The second kappa shape index (κ2) is 8.66. The average Bonchev–Trinajstić information content (AvgIpc) is 2.42. The topological polar surface area (TPSA) is 6.48 Å². The van der Waals surface area contributed by atoms with E-state index in [1.807, 2.05) is 0 Å². The first kappa shape index (κ1) is 17.6. The van der Waals surface area contributed by atoms with Gasteiger partial charge in [-0.2, -0.15) is 0 Å². The molecule has 103 valence electrons. The summed E-state index contributed by atoms with van der Waals surface area (Å²) in [7, 11) is 19.4. The first-order valence-electron chi connectivity index (χ1n) is 5.23. The van der Waals surface area contributed by atoms with E-state index in [-0.39, 0.29) is 0 Å². The van der Waals surface area contributed by atoms with Crippen molar-refractivity contribution in [3.63, 3.8) is 0 Å². The molecule has 0 aromatic carbocycles. The van der Waals surface area contributed by atoms with Crippen molar-refractivity contribution >= 4 is 40.4 Å². The van der Waals surface area contributed by atoms with Crippen molar-refractivity contribution in [3.05, 3.63) is 0 Å². The fraction of sp³-hybridized carbons (Fsp3) is 1.00. The first-order chi connectivity index (χ1) is 7.25. The maximum atomic E-state index is 4.95. The zero-order valence-corrected chi connectivity index (χ0v) is 14.0. The van der Waals surface area contributed by atoms with Crippen LogP contribution in [0.2, 0.25) is 0 Å². The van der Waals surface area contributed by atoms with Gasteiger partial charge >= 0.3 is 49.6 Å². The molecule has 0 amide bonds. The molecule has 1 unspecified atom stereocenters. The average molecular weight is 354 g/mol. The molecule has 1 fully saturated rings. The van der Waals surface area contributed by atoms with Crippen LogP contribution in [0.1, 0.15) is 26.7 Å². The van der Waals surface area contributed by atoms with Crippen molar-refractivity contribution in [3.8, 4) is 0 Å². The molecule has 1 saturated heterocycles. The third-order valence-corrected chi connectivity index (χ3v) is 2.71. The van der Waals surface area contributed by atoms with Crippen LogP contribution in [0, 0.1) is 0 Å². The summed E-state index contributed by atoms with van der Waals surface area (Å²) in [5.74, 6) is 0. The second-order valence-corrected chi connectivity index (χ2v) is 14.7. The summed E-state index contributed by atoms with van der Waals surface area (Å²) in [6, 6.07) is 0. The van der Waals surface area contributed by atoms with E-state index in [0.29, 0.717) is 6.17 Å². The van der Waals surface area contributed by atoms with E-state index in [0.717, 1.165) is 0 Å². The predicted octanol–water partition coefficient (Wildman–Crippen LogP) is 4.14. The molecule has 0 spiro atoms. The van der Waals surface area contributed by atoms with E-state index >= 15 is 0 Å². The second-order valence-electron chi connectivity index (χ2n) is 3.81. The zero-order valence-electron chi connectivity index (χ0n) is 9.87. The molecular weight excluding hydrogens is 334 g/mol. The summed E-state index contributed by atoms with van der Waals surface area (Å²) in [5, 5.41) is 0. The van der Waals surface area contributed by atoms with Gasteiger partial charge in [0.05, 0.1) is 6.17 Å². The van der Waals surface area contributed by atoms with Gasteiger partial charge in [-0.05, 0) is 26.9 Å². The van der Waals surface area contributed by atoms with Gasteiger partial charge in [0, 0.05) is 13.1 Å². The summed E-state index contributed by atoms with van der Waals surface area (Å²) >= 11 is 0. The molecule has 7 heteroatoms. The van der Waals surface area contributed by atoms with Crippen LogP contribution in [0.5, 0.6) is 0 Å². The molecule has 0 saturated carbocycles. The number of rotatable bonds is 3. The van der Waals surface area contributed by atoms with Gasteiger partial charge in [-0.3, -0.25) is 9.80 Å². The minimum atomic E-state index is -2.61. The Kier molecular flexibility index (Phi) is 9.52. The summed E-state index contributed by atoms with van der Waals surface area (Å²) in [6.45, 7) is 8.33. The molecule has 1 aliphatic heterocycles. The molecule has 0 bridgehead atoms. The van der Waals surface area contributed by atoms with E-state index in [2.05, 4.69) is 30.7 Å². The fourth-order valence-corrected chi connectivity index (χ4v) is 1.60. The standard InChI is InChI=1S/C9H20N2.4ClH.Fe/c1-4-5-6-11-8-7-10(3)9(11)2;;;;;/h9H,4-8H2,1-3H3;4*1H;/q;;;;;+3/p-4. The van der Waals surface area contributed by atoms with Crippen LogP contribution in [0.25, 0.3) is 0 Å². The Bertz CT molecular complexity index is 183. The fourth-order valence-electron chi connectivity index (χ4n) is 1.60. The van der Waals surface area contributed by atoms with Gasteiger partial charge < -0.3 is 0 Å². The number of nitrogens with zero attached hydrogens (tertiary/aromatic N) is 2. The first-order valence-corrected chi connectivity index (χ1v) is 11.3. The molecule has 0 N–H and O–H groups in total. The van der Waals surface area contributed by atoms with Gasteiger partial charge in [0.15, 0.2) is 0 Å². The summed E-state index contributed by atoms with van der Waals surface area (Å²) < 4.78 is 0. The van der Waals surface area contributed by atoms with Gasteiger partial charge in [-0.25, -0.2) is 0 Å². The molecule has 0 aromatic heterocycles. The predicted molar refractivity (Wildman–Crippen MR) is 72.0 cm³/mol. The van der Waals surface area contributed by atoms with E-state index in [1.54, 1.807) is 0 Å². The van der Waals surface area contributed by atoms with Crippen LogP contribution in [0.4, 0.5) is 0 Å². The molecule has 16 heavy (non-hydrogen) atoms. The number of unbranched alkanes of at least 4 members (excludes halogenated alkanes) is 1. The van der Waals surface area contributed by atoms with Crippen LogP contribution < -0.4 is 0 Å². The summed E-state index contributed by atoms with van der Waals surface area (Å²) in [5.41, 5.74) is 0. The van der Waals surface area contributed by atoms with E-state index in [1.165, 1.54) is 32.5 Å². The molecule has 1 atom stereocenters. The molecule has 1 heterocycles. The number of halogens is 4. The van der Waals surface area contributed by atoms with E-state index < -0.39 is 9.20 Å². The summed E-state index contributed by atoms with van der Waals surface area (Å²) in [6.07, 6.45) is 3.33. The van der Waals surface area contributed by atoms with Crippen molar-refractivity contribution in [1.29, 1.82) is 0 Å². The normalized spacial score (nSPS) is 24.1. The SMILES string of the molecule is CCCCN1CCN(C)C1C.[Cl][Fe-]([Cl])([Cl])[Cl]. The van der Waals surface area contributed by atoms with Gasteiger partial charge in [-0.15, -0.1) is 0 Å². The van der Waals surface area contributed by atoms with Crippen LogP contribution in [0.3, 0.4) is 0 Å². The quantitative estimate of drug-likeness (QED) is 0.704. The number of hydrogen-bond donors (Lipinski definition) is 0. The Balaban J connectivity index is 0.000000385. The van der Waals surface area contributed by atoms with Crippen molar-refractivity contribution in [2.45, 2.75) is 32.9 Å². The van der Waals surface area contributed by atoms with Crippen molar-refractivity contribution < 1.29 is 9.20 Å². The Morgan fingerprint density at radius 2 is 1.69 bits per heavy atom. The van der Waals surface area contributed by atoms with E-state index in [9.17, 15) is 0 Å². The third kappa shape index (κ3) is 9.61. The number of hydrogen-bond acceptors (Lipinski definition) is 2. The van der Waals surface area contributed by atoms with Crippen LogP contribution >= 0.6 is 40.4 Å². The van der Waals surface area contributed by atoms with Crippen LogP contribution in [-0.4, -0.2) is 42.6 Å². The molecular formula is C9H20Cl4FeN2-.